The van der Waals surface area contributed by atoms with Crippen LogP contribution in [0, 0.1) is 0 Å². The van der Waals surface area contributed by atoms with Crippen molar-refractivity contribution in [2.75, 3.05) is 25.5 Å². The first-order valence-corrected chi connectivity index (χ1v) is 5.78. The van der Waals surface area contributed by atoms with E-state index in [1.54, 1.807) is 13.3 Å². The number of hydrogen-bond donors (Lipinski definition) is 2. The number of fused-ring (bicyclic) bond motifs is 3. The van der Waals surface area contributed by atoms with Gasteiger partial charge in [-0.25, -0.2) is 0 Å². The number of amides is 1. The van der Waals surface area contributed by atoms with Crippen molar-refractivity contribution in [3.05, 3.63) is 30.0 Å². The summed E-state index contributed by atoms with van der Waals surface area (Å²) in [5.74, 6) is 0.674. The zero-order chi connectivity index (χ0) is 12.5. The van der Waals surface area contributed by atoms with E-state index in [-0.39, 0.29) is 5.91 Å². The number of aromatic nitrogens is 1. The van der Waals surface area contributed by atoms with E-state index in [1.165, 1.54) is 0 Å². The fourth-order valence-corrected chi connectivity index (χ4v) is 2.12. The van der Waals surface area contributed by atoms with Gasteiger partial charge in [-0.2, -0.15) is 0 Å². The lowest BCUT2D eigenvalue weighted by atomic mass is 10.1. The molecule has 5 nitrogen and oxygen atoms in total. The van der Waals surface area contributed by atoms with E-state index in [2.05, 4.69) is 15.6 Å². The van der Waals surface area contributed by atoms with Crippen LogP contribution in [0.15, 0.2) is 24.4 Å². The second-order valence-electron chi connectivity index (χ2n) is 4.11. The summed E-state index contributed by atoms with van der Waals surface area (Å²) in [4.78, 5) is 16.2. The molecule has 0 aliphatic carbocycles. The van der Waals surface area contributed by atoms with Crippen molar-refractivity contribution >= 4 is 22.5 Å². The van der Waals surface area contributed by atoms with Crippen LogP contribution in [-0.2, 0) is 0 Å². The Hall–Kier alpha value is -2.30. The molecule has 0 saturated heterocycles. The number of rotatable bonds is 1. The Bertz CT molecular complexity index is 625. The number of carbonyl (C=O) groups is 1. The van der Waals surface area contributed by atoms with Gasteiger partial charge in [-0.3, -0.25) is 9.78 Å². The van der Waals surface area contributed by atoms with Gasteiger partial charge in [-0.1, -0.05) is 0 Å². The highest BCUT2D eigenvalue weighted by Crippen LogP contribution is 2.29. The van der Waals surface area contributed by atoms with Gasteiger partial charge in [0.1, 0.15) is 5.75 Å². The number of hydrogen-bond acceptors (Lipinski definition) is 4. The smallest absolute Gasteiger partial charge is 0.255 e. The van der Waals surface area contributed by atoms with Crippen molar-refractivity contribution in [1.82, 2.24) is 10.3 Å². The van der Waals surface area contributed by atoms with Gasteiger partial charge in [-0.05, 0) is 12.1 Å². The molecule has 0 unspecified atom stereocenters. The average Bonchev–Trinajstić information content (AvgIpc) is 2.60. The Kier molecular flexibility index (Phi) is 2.51. The van der Waals surface area contributed by atoms with E-state index in [0.717, 1.165) is 22.3 Å². The summed E-state index contributed by atoms with van der Waals surface area (Å²) in [5.41, 5.74) is 2.25. The first kappa shape index (κ1) is 10.8. The van der Waals surface area contributed by atoms with Crippen molar-refractivity contribution in [3.63, 3.8) is 0 Å². The summed E-state index contributed by atoms with van der Waals surface area (Å²) in [6.45, 7) is 1.33. The number of methoxy groups -OCH3 is 1. The van der Waals surface area contributed by atoms with Crippen LogP contribution >= 0.6 is 0 Å². The SMILES string of the molecule is COc1ccc2c3c(cnc2c1)C(=O)NCCN3. The van der Waals surface area contributed by atoms with Crippen molar-refractivity contribution in [3.8, 4) is 5.75 Å². The molecule has 1 aromatic carbocycles. The zero-order valence-electron chi connectivity index (χ0n) is 9.99. The van der Waals surface area contributed by atoms with Crippen LogP contribution in [0.25, 0.3) is 10.9 Å². The van der Waals surface area contributed by atoms with Crippen LogP contribution < -0.4 is 15.4 Å². The molecule has 2 heterocycles. The standard InChI is InChI=1S/C13H13N3O2/c1-18-8-2-3-9-11(6-8)16-7-10-12(9)14-4-5-15-13(10)17/h2-3,6-7,14H,4-5H2,1H3,(H,15,17). The molecule has 0 fully saturated rings. The van der Waals surface area contributed by atoms with E-state index >= 15 is 0 Å². The molecular formula is C13H13N3O2. The van der Waals surface area contributed by atoms with Crippen LogP contribution in [0.1, 0.15) is 10.4 Å². The van der Waals surface area contributed by atoms with E-state index in [4.69, 9.17) is 4.74 Å². The summed E-state index contributed by atoms with van der Waals surface area (Å²) >= 11 is 0. The predicted octanol–water partition coefficient (Wildman–Crippen LogP) is 1.40. The number of nitrogens with zero attached hydrogens (tertiary/aromatic N) is 1. The fraction of sp³-hybridized carbons (Fsp3) is 0.231. The van der Waals surface area contributed by atoms with Gasteiger partial charge in [-0.15, -0.1) is 0 Å². The number of benzene rings is 1. The molecule has 0 bridgehead atoms. The third-order valence-corrected chi connectivity index (χ3v) is 3.03. The van der Waals surface area contributed by atoms with E-state index in [1.807, 2.05) is 18.2 Å². The zero-order valence-corrected chi connectivity index (χ0v) is 9.99. The second-order valence-corrected chi connectivity index (χ2v) is 4.11. The Morgan fingerprint density at radius 2 is 2.11 bits per heavy atom. The first-order chi connectivity index (χ1) is 8.79. The van der Waals surface area contributed by atoms with Crippen LogP contribution in [0.3, 0.4) is 0 Å². The monoisotopic (exact) mass is 243 g/mol. The maximum atomic E-state index is 11.9. The van der Waals surface area contributed by atoms with Gasteiger partial charge in [0.2, 0.25) is 0 Å². The highest BCUT2D eigenvalue weighted by molar-refractivity contribution is 6.07. The lowest BCUT2D eigenvalue weighted by molar-refractivity contribution is 0.0958. The minimum atomic E-state index is -0.0831. The predicted molar refractivity (Wildman–Crippen MR) is 69.1 cm³/mol. The lowest BCUT2D eigenvalue weighted by Crippen LogP contribution is -2.24. The molecular weight excluding hydrogens is 230 g/mol. The number of pyridine rings is 1. The number of ether oxygens (including phenoxy) is 1. The van der Waals surface area contributed by atoms with Gasteiger partial charge in [0.05, 0.1) is 23.9 Å². The molecule has 1 aromatic heterocycles. The highest BCUT2D eigenvalue weighted by atomic mass is 16.5. The average molecular weight is 243 g/mol. The topological polar surface area (TPSA) is 63.2 Å². The summed E-state index contributed by atoms with van der Waals surface area (Å²) in [5, 5.41) is 7.03. The summed E-state index contributed by atoms with van der Waals surface area (Å²) in [6.07, 6.45) is 1.60. The molecule has 2 N–H and O–H groups in total. The number of carbonyl (C=O) groups excluding carboxylic acids is 1. The third-order valence-electron chi connectivity index (χ3n) is 3.03. The molecule has 1 aliphatic heterocycles. The number of anilines is 1. The molecule has 1 amide bonds. The molecule has 0 spiro atoms. The van der Waals surface area contributed by atoms with Gasteiger partial charge in [0.25, 0.3) is 5.91 Å². The minimum Gasteiger partial charge on any atom is -0.497 e. The molecule has 1 aliphatic rings. The van der Waals surface area contributed by atoms with Gasteiger partial charge >= 0.3 is 0 Å². The lowest BCUT2D eigenvalue weighted by Gasteiger charge is -2.10. The van der Waals surface area contributed by atoms with Gasteiger partial charge in [0, 0.05) is 30.7 Å². The Morgan fingerprint density at radius 1 is 1.28 bits per heavy atom. The maximum absolute atomic E-state index is 11.9. The van der Waals surface area contributed by atoms with E-state index in [0.29, 0.717) is 18.7 Å². The maximum Gasteiger partial charge on any atom is 0.255 e. The summed E-state index contributed by atoms with van der Waals surface area (Å²) in [6, 6.07) is 5.65. The quantitative estimate of drug-likeness (QED) is 0.794. The van der Waals surface area contributed by atoms with Gasteiger partial charge < -0.3 is 15.4 Å². The summed E-state index contributed by atoms with van der Waals surface area (Å²) < 4.78 is 5.17. The second kappa shape index (κ2) is 4.18. The van der Waals surface area contributed by atoms with Crippen LogP contribution in [0.4, 0.5) is 5.69 Å². The Balaban J connectivity index is 2.25. The Labute approximate surface area is 104 Å². The number of nitrogens with one attached hydrogen (secondary N) is 2. The highest BCUT2D eigenvalue weighted by Gasteiger charge is 2.17. The fourth-order valence-electron chi connectivity index (χ4n) is 2.12. The summed E-state index contributed by atoms with van der Waals surface area (Å²) in [7, 11) is 1.62. The molecule has 18 heavy (non-hydrogen) atoms. The van der Waals surface area contributed by atoms with Crippen molar-refractivity contribution < 1.29 is 9.53 Å². The molecule has 2 aromatic rings. The minimum absolute atomic E-state index is 0.0831. The van der Waals surface area contributed by atoms with Crippen LogP contribution in [0.5, 0.6) is 5.75 Å². The van der Waals surface area contributed by atoms with Gasteiger partial charge in [0.15, 0.2) is 0 Å². The van der Waals surface area contributed by atoms with E-state index < -0.39 is 0 Å². The van der Waals surface area contributed by atoms with Crippen molar-refractivity contribution in [2.45, 2.75) is 0 Å². The normalized spacial score (nSPS) is 14.4. The molecule has 5 heteroatoms. The van der Waals surface area contributed by atoms with Crippen molar-refractivity contribution in [1.29, 1.82) is 0 Å². The largest absolute Gasteiger partial charge is 0.497 e. The molecule has 3 rings (SSSR count). The van der Waals surface area contributed by atoms with Crippen LogP contribution in [0.2, 0.25) is 0 Å². The molecule has 92 valence electrons. The molecule has 0 saturated carbocycles. The molecule has 0 atom stereocenters. The Morgan fingerprint density at radius 3 is 2.94 bits per heavy atom. The van der Waals surface area contributed by atoms with Crippen molar-refractivity contribution in [2.24, 2.45) is 0 Å². The third kappa shape index (κ3) is 1.64. The first-order valence-electron chi connectivity index (χ1n) is 5.78. The van der Waals surface area contributed by atoms with Crippen LogP contribution in [-0.4, -0.2) is 31.1 Å². The van der Waals surface area contributed by atoms with E-state index in [9.17, 15) is 4.79 Å². The molecule has 0 radical (unpaired) electrons.